The summed E-state index contributed by atoms with van der Waals surface area (Å²) in [7, 11) is 1.45. The van der Waals surface area contributed by atoms with Crippen molar-refractivity contribution in [3.05, 3.63) is 41.7 Å². The molecule has 0 saturated heterocycles. The third kappa shape index (κ3) is 2.80. The van der Waals surface area contributed by atoms with Crippen molar-refractivity contribution in [3.63, 3.8) is 0 Å². The van der Waals surface area contributed by atoms with Gasteiger partial charge in [0, 0.05) is 12.5 Å². The molecule has 2 rings (SSSR count). The van der Waals surface area contributed by atoms with Crippen LogP contribution in [0.15, 0.2) is 24.5 Å². The van der Waals surface area contributed by atoms with Gasteiger partial charge in [0.05, 0.1) is 18.8 Å². The normalized spacial score (nSPS) is 12.7. The van der Waals surface area contributed by atoms with Crippen LogP contribution in [-0.2, 0) is 6.42 Å². The summed E-state index contributed by atoms with van der Waals surface area (Å²) in [4.78, 5) is 4.12. The van der Waals surface area contributed by atoms with E-state index in [1.54, 1.807) is 16.8 Å². The van der Waals surface area contributed by atoms with Gasteiger partial charge in [0.1, 0.15) is 23.7 Å². The number of halogens is 1. The van der Waals surface area contributed by atoms with E-state index in [2.05, 4.69) is 10.1 Å². The summed E-state index contributed by atoms with van der Waals surface area (Å²) >= 11 is 0. The fraction of sp³-hybridized carbons (Fsp3) is 0.429. The maximum atomic E-state index is 13.9. The lowest BCUT2D eigenvalue weighted by atomic mass is 10.0. The van der Waals surface area contributed by atoms with Crippen LogP contribution in [-0.4, -0.2) is 27.0 Å². The van der Waals surface area contributed by atoms with Crippen LogP contribution >= 0.6 is 0 Å². The predicted molar refractivity (Wildman–Crippen MR) is 72.0 cm³/mol. The first kappa shape index (κ1) is 14.5. The van der Waals surface area contributed by atoms with Crippen molar-refractivity contribution in [1.82, 2.24) is 14.8 Å². The van der Waals surface area contributed by atoms with Gasteiger partial charge in [-0.05, 0) is 26.0 Å². The lowest BCUT2D eigenvalue weighted by Crippen LogP contribution is -2.13. The van der Waals surface area contributed by atoms with E-state index >= 15 is 0 Å². The molecule has 0 aliphatic carbocycles. The molecule has 0 bridgehead atoms. The maximum absolute atomic E-state index is 13.9. The Labute approximate surface area is 117 Å². The lowest BCUT2D eigenvalue weighted by molar-refractivity contribution is 0.164. The summed E-state index contributed by atoms with van der Waals surface area (Å²) in [5.74, 6) is 0.443. The average Bonchev–Trinajstić information content (AvgIpc) is 2.86. The Hall–Kier alpha value is -1.95. The second kappa shape index (κ2) is 6.00. The molecule has 0 fully saturated rings. The van der Waals surface area contributed by atoms with Gasteiger partial charge in [-0.1, -0.05) is 6.07 Å². The van der Waals surface area contributed by atoms with E-state index in [1.807, 2.05) is 13.8 Å². The van der Waals surface area contributed by atoms with Gasteiger partial charge in [0.15, 0.2) is 0 Å². The highest BCUT2D eigenvalue weighted by Crippen LogP contribution is 2.29. The zero-order valence-electron chi connectivity index (χ0n) is 11.7. The molecule has 0 aliphatic rings. The van der Waals surface area contributed by atoms with Crippen molar-refractivity contribution in [2.75, 3.05) is 7.11 Å². The first-order valence-corrected chi connectivity index (χ1v) is 6.43. The molecule has 1 N–H and O–H groups in total. The highest BCUT2D eigenvalue weighted by molar-refractivity contribution is 5.36. The Balaban J connectivity index is 2.28. The first-order valence-electron chi connectivity index (χ1n) is 6.43. The van der Waals surface area contributed by atoms with Gasteiger partial charge >= 0.3 is 0 Å². The molecule has 1 aromatic heterocycles. The third-order valence-corrected chi connectivity index (χ3v) is 3.08. The van der Waals surface area contributed by atoms with E-state index in [1.165, 1.54) is 19.5 Å². The average molecular weight is 279 g/mol. The molecule has 108 valence electrons. The second-order valence-corrected chi connectivity index (χ2v) is 4.79. The van der Waals surface area contributed by atoms with Crippen LogP contribution in [0.5, 0.6) is 5.75 Å². The zero-order chi connectivity index (χ0) is 14.7. The Bertz CT molecular complexity index is 584. The number of methoxy groups -OCH3 is 1. The van der Waals surface area contributed by atoms with Crippen molar-refractivity contribution < 1.29 is 14.2 Å². The molecule has 0 saturated carbocycles. The van der Waals surface area contributed by atoms with E-state index in [-0.39, 0.29) is 18.0 Å². The van der Waals surface area contributed by atoms with Crippen molar-refractivity contribution in [2.45, 2.75) is 32.4 Å². The molecule has 0 aliphatic heterocycles. The number of hydrogen-bond donors (Lipinski definition) is 1. The van der Waals surface area contributed by atoms with E-state index < -0.39 is 11.9 Å². The summed E-state index contributed by atoms with van der Waals surface area (Å²) in [6.07, 6.45) is 0.573. The van der Waals surface area contributed by atoms with E-state index in [4.69, 9.17) is 4.74 Å². The largest absolute Gasteiger partial charge is 0.496 e. The number of benzene rings is 1. The Kier molecular flexibility index (Phi) is 4.34. The van der Waals surface area contributed by atoms with Crippen LogP contribution in [0, 0.1) is 5.82 Å². The summed E-state index contributed by atoms with van der Waals surface area (Å²) in [6, 6.07) is 4.59. The van der Waals surface area contributed by atoms with Gasteiger partial charge in [-0.15, -0.1) is 0 Å². The topological polar surface area (TPSA) is 60.2 Å². The van der Waals surface area contributed by atoms with E-state index in [0.717, 1.165) is 0 Å². The van der Waals surface area contributed by atoms with Crippen molar-refractivity contribution in [2.24, 2.45) is 0 Å². The van der Waals surface area contributed by atoms with Gasteiger partial charge in [-0.25, -0.2) is 14.1 Å². The maximum Gasteiger partial charge on any atom is 0.138 e. The monoisotopic (exact) mass is 279 g/mol. The first-order chi connectivity index (χ1) is 9.54. The number of nitrogens with zero attached hydrogens (tertiary/aromatic N) is 3. The number of aliphatic hydroxyl groups is 1. The number of hydrogen-bond acceptors (Lipinski definition) is 4. The van der Waals surface area contributed by atoms with Crippen molar-refractivity contribution >= 4 is 0 Å². The summed E-state index contributed by atoms with van der Waals surface area (Å²) in [5, 5.41) is 14.4. The standard InChI is InChI=1S/C14H18FN3O2/c1-9(2)18-13(16-8-17-18)7-11(19)14-10(15)5-4-6-12(14)20-3/h4-6,8-9,11,19H,7H2,1-3H3. The van der Waals surface area contributed by atoms with Crippen LogP contribution in [0.25, 0.3) is 0 Å². The van der Waals surface area contributed by atoms with Crippen LogP contribution in [0.1, 0.15) is 37.4 Å². The highest BCUT2D eigenvalue weighted by Gasteiger charge is 2.21. The van der Waals surface area contributed by atoms with Crippen LogP contribution in [0.4, 0.5) is 4.39 Å². The molecule has 1 heterocycles. The van der Waals surface area contributed by atoms with Crippen LogP contribution < -0.4 is 4.74 Å². The predicted octanol–water partition coefficient (Wildman–Crippen LogP) is 2.28. The molecule has 20 heavy (non-hydrogen) atoms. The second-order valence-electron chi connectivity index (χ2n) is 4.79. The minimum absolute atomic E-state index is 0.127. The Morgan fingerprint density at radius 2 is 2.15 bits per heavy atom. The van der Waals surface area contributed by atoms with Crippen molar-refractivity contribution in [1.29, 1.82) is 0 Å². The van der Waals surface area contributed by atoms with E-state index in [0.29, 0.717) is 11.6 Å². The molecular weight excluding hydrogens is 261 g/mol. The zero-order valence-corrected chi connectivity index (χ0v) is 11.7. The minimum Gasteiger partial charge on any atom is -0.496 e. The summed E-state index contributed by atoms with van der Waals surface area (Å²) < 4.78 is 20.7. The van der Waals surface area contributed by atoms with Gasteiger partial charge in [-0.3, -0.25) is 0 Å². The molecule has 5 nitrogen and oxygen atoms in total. The molecule has 0 amide bonds. The van der Waals surface area contributed by atoms with Crippen molar-refractivity contribution in [3.8, 4) is 5.75 Å². The molecule has 1 unspecified atom stereocenters. The summed E-state index contributed by atoms with van der Waals surface area (Å²) in [6.45, 7) is 3.93. The molecular formula is C14H18FN3O2. The number of aromatic nitrogens is 3. The van der Waals surface area contributed by atoms with Crippen LogP contribution in [0.2, 0.25) is 0 Å². The summed E-state index contributed by atoms with van der Waals surface area (Å²) in [5.41, 5.74) is 0.147. The fourth-order valence-electron chi connectivity index (χ4n) is 2.15. The molecule has 2 aromatic rings. The number of ether oxygens (including phenoxy) is 1. The molecule has 0 radical (unpaired) electrons. The number of rotatable bonds is 5. The van der Waals surface area contributed by atoms with Gasteiger partial charge < -0.3 is 9.84 Å². The Morgan fingerprint density at radius 1 is 1.40 bits per heavy atom. The molecule has 0 spiro atoms. The number of aliphatic hydroxyl groups excluding tert-OH is 1. The van der Waals surface area contributed by atoms with Gasteiger partial charge in [0.25, 0.3) is 0 Å². The highest BCUT2D eigenvalue weighted by atomic mass is 19.1. The van der Waals surface area contributed by atoms with Gasteiger partial charge in [0.2, 0.25) is 0 Å². The fourth-order valence-corrected chi connectivity index (χ4v) is 2.15. The third-order valence-electron chi connectivity index (χ3n) is 3.08. The molecule has 1 atom stereocenters. The lowest BCUT2D eigenvalue weighted by Gasteiger charge is -2.16. The molecule has 6 heteroatoms. The minimum atomic E-state index is -1.03. The Morgan fingerprint density at radius 3 is 2.80 bits per heavy atom. The van der Waals surface area contributed by atoms with E-state index in [9.17, 15) is 9.50 Å². The molecule has 1 aromatic carbocycles. The SMILES string of the molecule is COc1cccc(F)c1C(O)Cc1ncnn1C(C)C. The van der Waals surface area contributed by atoms with Gasteiger partial charge in [-0.2, -0.15) is 5.10 Å². The quantitative estimate of drug-likeness (QED) is 0.912. The smallest absolute Gasteiger partial charge is 0.138 e. The van der Waals surface area contributed by atoms with Crippen LogP contribution in [0.3, 0.4) is 0 Å².